The maximum Gasteiger partial charge on any atom is 0.333 e. The van der Waals surface area contributed by atoms with Crippen LogP contribution < -0.4 is 0 Å². The van der Waals surface area contributed by atoms with Crippen molar-refractivity contribution in [1.82, 2.24) is 0 Å². The first-order valence-electron chi connectivity index (χ1n) is 9.52. The summed E-state index contributed by atoms with van der Waals surface area (Å²) in [5, 5.41) is 0. The Balaban J connectivity index is 5.43. The highest BCUT2D eigenvalue weighted by Gasteiger charge is 2.35. The van der Waals surface area contributed by atoms with Gasteiger partial charge in [-0.3, -0.25) is 0 Å². The SMILES string of the molecule is C=C(C)C(=O)OCC(CCCCCC)(COC(=O)C(=C)C)COC(=O)C(=C)C. The van der Waals surface area contributed by atoms with Gasteiger partial charge < -0.3 is 14.2 Å². The number of hydrogen-bond acceptors (Lipinski definition) is 6. The van der Waals surface area contributed by atoms with E-state index >= 15 is 0 Å². The van der Waals surface area contributed by atoms with Gasteiger partial charge in [0, 0.05) is 16.7 Å². The number of esters is 3. The van der Waals surface area contributed by atoms with E-state index in [4.69, 9.17) is 14.2 Å². The molecule has 0 aliphatic rings. The summed E-state index contributed by atoms with van der Waals surface area (Å²) in [6.45, 7) is 17.3. The van der Waals surface area contributed by atoms with Gasteiger partial charge in [0.2, 0.25) is 0 Å². The van der Waals surface area contributed by atoms with Crippen LogP contribution in [0.25, 0.3) is 0 Å². The number of unbranched alkanes of at least 4 members (excludes halogenated alkanes) is 3. The maximum absolute atomic E-state index is 11.9. The van der Waals surface area contributed by atoms with Gasteiger partial charge in [-0.25, -0.2) is 14.4 Å². The minimum absolute atomic E-state index is 0.0578. The molecule has 28 heavy (non-hydrogen) atoms. The molecule has 0 unspecified atom stereocenters. The van der Waals surface area contributed by atoms with Crippen LogP contribution in [-0.4, -0.2) is 37.7 Å². The molecular weight excluding hydrogens is 360 g/mol. The van der Waals surface area contributed by atoms with Crippen molar-refractivity contribution in [1.29, 1.82) is 0 Å². The lowest BCUT2D eigenvalue weighted by Crippen LogP contribution is -2.40. The highest BCUT2D eigenvalue weighted by molar-refractivity contribution is 5.88. The highest BCUT2D eigenvalue weighted by Crippen LogP contribution is 2.29. The minimum Gasteiger partial charge on any atom is -0.461 e. The molecule has 0 amide bonds. The zero-order valence-electron chi connectivity index (χ0n) is 17.7. The minimum atomic E-state index is -0.852. The van der Waals surface area contributed by atoms with Crippen molar-refractivity contribution in [3.05, 3.63) is 36.5 Å². The zero-order valence-corrected chi connectivity index (χ0v) is 17.7. The molecule has 158 valence electrons. The third kappa shape index (κ3) is 10.1. The molecule has 0 aliphatic heterocycles. The summed E-state index contributed by atoms with van der Waals surface area (Å²) >= 11 is 0. The van der Waals surface area contributed by atoms with Crippen LogP contribution in [0, 0.1) is 5.41 Å². The molecule has 0 rings (SSSR count). The Morgan fingerprint density at radius 3 is 1.32 bits per heavy atom. The lowest BCUT2D eigenvalue weighted by molar-refractivity contribution is -0.157. The monoisotopic (exact) mass is 394 g/mol. The molecule has 0 N–H and O–H groups in total. The molecule has 0 saturated carbocycles. The van der Waals surface area contributed by atoms with Crippen molar-refractivity contribution < 1.29 is 28.6 Å². The van der Waals surface area contributed by atoms with Gasteiger partial charge in [-0.2, -0.15) is 0 Å². The van der Waals surface area contributed by atoms with Gasteiger partial charge in [-0.1, -0.05) is 52.3 Å². The molecule has 0 atom stereocenters. The van der Waals surface area contributed by atoms with Gasteiger partial charge in [0.1, 0.15) is 19.8 Å². The second-order valence-corrected chi connectivity index (χ2v) is 7.38. The lowest BCUT2D eigenvalue weighted by atomic mass is 9.84. The lowest BCUT2D eigenvalue weighted by Gasteiger charge is -2.32. The van der Waals surface area contributed by atoms with Crippen LogP contribution in [0.15, 0.2) is 36.5 Å². The van der Waals surface area contributed by atoms with E-state index in [1.54, 1.807) is 20.8 Å². The Morgan fingerprint density at radius 1 is 0.679 bits per heavy atom. The fourth-order valence-corrected chi connectivity index (χ4v) is 2.29. The van der Waals surface area contributed by atoms with Crippen molar-refractivity contribution in [3.8, 4) is 0 Å². The van der Waals surface area contributed by atoms with E-state index in [0.717, 1.165) is 25.7 Å². The predicted molar refractivity (Wildman–Crippen MR) is 109 cm³/mol. The van der Waals surface area contributed by atoms with E-state index in [-0.39, 0.29) is 36.5 Å². The third-order valence-corrected chi connectivity index (χ3v) is 4.13. The first-order valence-corrected chi connectivity index (χ1v) is 9.52. The van der Waals surface area contributed by atoms with E-state index in [9.17, 15) is 14.4 Å². The maximum atomic E-state index is 11.9. The summed E-state index contributed by atoms with van der Waals surface area (Å²) in [5.74, 6) is -1.64. The molecule has 0 aromatic rings. The molecule has 6 nitrogen and oxygen atoms in total. The van der Waals surface area contributed by atoms with Crippen molar-refractivity contribution >= 4 is 17.9 Å². The van der Waals surface area contributed by atoms with Crippen LogP contribution in [0.5, 0.6) is 0 Å². The second-order valence-electron chi connectivity index (χ2n) is 7.38. The summed E-state index contributed by atoms with van der Waals surface area (Å²) in [7, 11) is 0. The van der Waals surface area contributed by atoms with Crippen molar-refractivity contribution in [3.63, 3.8) is 0 Å². The first kappa shape index (κ1) is 25.6. The molecule has 0 radical (unpaired) electrons. The van der Waals surface area contributed by atoms with Gasteiger partial charge in [0.05, 0.1) is 5.41 Å². The topological polar surface area (TPSA) is 78.9 Å². The van der Waals surface area contributed by atoms with Gasteiger partial charge in [0.25, 0.3) is 0 Å². The molecule has 0 aliphatic carbocycles. The molecule has 0 fully saturated rings. The first-order chi connectivity index (χ1) is 13.0. The molecule has 6 heteroatoms. The number of rotatable bonds is 14. The summed E-state index contributed by atoms with van der Waals surface area (Å²) in [6.07, 6.45) is 4.46. The smallest absolute Gasteiger partial charge is 0.333 e. The fourth-order valence-electron chi connectivity index (χ4n) is 2.29. The average Bonchev–Trinajstić information content (AvgIpc) is 2.64. The van der Waals surface area contributed by atoms with Crippen molar-refractivity contribution in [2.75, 3.05) is 19.8 Å². The molecular formula is C22H34O6. The molecule has 0 aromatic carbocycles. The van der Waals surface area contributed by atoms with Crippen molar-refractivity contribution in [2.45, 2.75) is 59.8 Å². The fraction of sp³-hybridized carbons (Fsp3) is 0.591. The van der Waals surface area contributed by atoms with Crippen LogP contribution in [0.3, 0.4) is 0 Å². The Hall–Kier alpha value is -2.37. The molecule has 0 saturated heterocycles. The van der Waals surface area contributed by atoms with E-state index in [1.165, 1.54) is 0 Å². The Bertz CT molecular complexity index is 528. The Labute approximate surface area is 168 Å². The summed E-state index contributed by atoms with van der Waals surface area (Å²) in [6, 6.07) is 0. The van der Waals surface area contributed by atoms with E-state index in [1.807, 2.05) is 0 Å². The number of carbonyl (C=O) groups excluding carboxylic acids is 3. The van der Waals surface area contributed by atoms with E-state index in [0.29, 0.717) is 6.42 Å². The quantitative estimate of drug-likeness (QED) is 0.189. The second kappa shape index (κ2) is 12.9. The number of carbonyl (C=O) groups is 3. The van der Waals surface area contributed by atoms with Gasteiger partial charge in [0.15, 0.2) is 0 Å². The summed E-state index contributed by atoms with van der Waals surface area (Å²) < 4.78 is 16.0. The largest absolute Gasteiger partial charge is 0.461 e. The molecule has 0 heterocycles. The molecule has 0 bridgehead atoms. The summed E-state index contributed by atoms with van der Waals surface area (Å²) in [4.78, 5) is 35.7. The molecule has 0 aromatic heterocycles. The predicted octanol–water partition coefficient (Wildman–Crippen LogP) is 4.30. The van der Waals surface area contributed by atoms with Crippen LogP contribution in [0.4, 0.5) is 0 Å². The van der Waals surface area contributed by atoms with Crippen LogP contribution >= 0.6 is 0 Å². The average molecular weight is 395 g/mol. The van der Waals surface area contributed by atoms with Crippen LogP contribution in [-0.2, 0) is 28.6 Å². The normalized spacial score (nSPS) is 10.7. The van der Waals surface area contributed by atoms with E-state index in [2.05, 4.69) is 26.7 Å². The standard InChI is InChI=1S/C22H34O6/c1-8-9-10-11-12-22(13-26-19(23)16(2)3,14-27-20(24)17(4)5)15-28-21(25)18(6)7/h2,4,6,8-15H2,1,3,5,7H3. The number of ether oxygens (including phenoxy) is 3. The third-order valence-electron chi connectivity index (χ3n) is 4.13. The summed E-state index contributed by atoms with van der Waals surface area (Å²) in [5.41, 5.74) is -0.0667. The Kier molecular flexibility index (Phi) is 11.8. The van der Waals surface area contributed by atoms with Gasteiger partial charge in [-0.15, -0.1) is 0 Å². The van der Waals surface area contributed by atoms with Gasteiger partial charge >= 0.3 is 17.9 Å². The highest BCUT2D eigenvalue weighted by atomic mass is 16.6. The van der Waals surface area contributed by atoms with Crippen molar-refractivity contribution in [2.24, 2.45) is 5.41 Å². The van der Waals surface area contributed by atoms with Crippen LogP contribution in [0.1, 0.15) is 59.8 Å². The van der Waals surface area contributed by atoms with Gasteiger partial charge in [-0.05, 0) is 27.2 Å². The Morgan fingerprint density at radius 2 is 1.04 bits per heavy atom. The van der Waals surface area contributed by atoms with E-state index < -0.39 is 23.3 Å². The molecule has 0 spiro atoms. The van der Waals surface area contributed by atoms with Crippen LogP contribution in [0.2, 0.25) is 0 Å². The number of hydrogen-bond donors (Lipinski definition) is 0. The zero-order chi connectivity index (χ0) is 21.7.